The molecule has 11 unspecified atom stereocenters. The van der Waals surface area contributed by atoms with E-state index in [9.17, 15) is 55.9 Å². The average Bonchev–Trinajstić information content (AvgIpc) is 3.17. The largest absolute Gasteiger partial charge is 0.508 e. The van der Waals surface area contributed by atoms with Gasteiger partial charge in [-0.15, -0.1) is 0 Å². The van der Waals surface area contributed by atoms with Crippen molar-refractivity contribution < 1.29 is 89.0 Å². The second-order valence-corrected chi connectivity index (χ2v) is 12.8. The van der Waals surface area contributed by atoms with E-state index < -0.39 is 86.7 Å². The molecule has 11 atom stereocenters. The monoisotopic (exact) mass is 772 g/mol. The molecule has 296 valence electrons. The van der Waals surface area contributed by atoms with Crippen LogP contribution in [0.4, 0.5) is 0 Å². The Kier molecular flexibility index (Phi) is 12.0. The number of hydrogen-bond donors (Lipinski definition) is 10. The van der Waals surface area contributed by atoms with Crippen LogP contribution in [-0.4, -0.2) is 139 Å². The van der Waals surface area contributed by atoms with Crippen LogP contribution >= 0.6 is 0 Å². The summed E-state index contributed by atoms with van der Waals surface area (Å²) in [6.45, 7) is -1.32. The number of fused-ring (bicyclic) bond motifs is 1. The summed E-state index contributed by atoms with van der Waals surface area (Å²) in [6, 6.07) is 12.5. The van der Waals surface area contributed by atoms with Gasteiger partial charge in [0.15, 0.2) is 17.6 Å². The Balaban J connectivity index is 1.25. The van der Waals surface area contributed by atoms with E-state index in [2.05, 4.69) is 0 Å². The number of rotatable bonds is 11. The maximum absolute atomic E-state index is 12.6. The minimum atomic E-state index is -1.86. The third-order valence-electron chi connectivity index (χ3n) is 9.09. The minimum absolute atomic E-state index is 0.00850. The molecule has 3 aliphatic heterocycles. The fourth-order valence-corrected chi connectivity index (χ4v) is 6.05. The molecule has 55 heavy (non-hydrogen) atoms. The zero-order valence-corrected chi connectivity index (χ0v) is 28.9. The fraction of sp³-hybridized carbons (Fsp3) is 0.378. The zero-order valence-electron chi connectivity index (χ0n) is 28.9. The van der Waals surface area contributed by atoms with Gasteiger partial charge in [0, 0.05) is 23.8 Å². The number of ether oxygens (including phenoxy) is 7. The quantitative estimate of drug-likeness (QED) is 0.0872. The van der Waals surface area contributed by atoms with Crippen molar-refractivity contribution in [2.45, 2.75) is 67.5 Å². The molecular weight excluding hydrogens is 732 g/mol. The normalized spacial score (nSPS) is 30.5. The lowest BCUT2D eigenvalue weighted by Gasteiger charge is -2.41. The van der Waals surface area contributed by atoms with E-state index in [0.29, 0.717) is 11.1 Å². The number of phenols is 3. The van der Waals surface area contributed by atoms with Crippen LogP contribution in [0.5, 0.6) is 34.5 Å². The summed E-state index contributed by atoms with van der Waals surface area (Å²) in [7, 11) is 1.37. The maximum Gasteiger partial charge on any atom is 0.330 e. The summed E-state index contributed by atoms with van der Waals surface area (Å²) in [5.41, 5.74) is 0.968. The smallest absolute Gasteiger partial charge is 0.330 e. The highest BCUT2D eigenvalue weighted by molar-refractivity contribution is 5.87. The van der Waals surface area contributed by atoms with Crippen LogP contribution < -0.4 is 14.2 Å². The van der Waals surface area contributed by atoms with E-state index in [1.807, 2.05) is 0 Å². The standard InChI is InChI=1S/C37H40O18/c1-49-24-10-16(2-8-21(24)41)3-9-28(42)50-15-27-30(44)32(46)34(48)37(55-27)53-25-13-20-22(51-35(25)17-4-6-18(39)7-5-17)11-19(40)12-23(20)52-36-33(47)31(45)29(43)26(14-38)54-36/h2-13,26-27,29-41,43-48H,14-15H2,1H3. The molecule has 3 aliphatic rings. The number of carbonyl (C=O) groups excluding carboxylic acids is 1. The molecule has 2 saturated heterocycles. The fourth-order valence-electron chi connectivity index (χ4n) is 6.05. The number of methoxy groups -OCH3 is 1. The summed E-state index contributed by atoms with van der Waals surface area (Å²) in [5.74, 6) is -1.49. The topological polar surface area (TPSA) is 284 Å². The van der Waals surface area contributed by atoms with Gasteiger partial charge in [-0.1, -0.05) is 18.2 Å². The van der Waals surface area contributed by atoms with Gasteiger partial charge >= 0.3 is 5.97 Å². The van der Waals surface area contributed by atoms with Gasteiger partial charge in [-0.05, 0) is 42.0 Å². The highest BCUT2D eigenvalue weighted by Crippen LogP contribution is 2.46. The van der Waals surface area contributed by atoms with E-state index >= 15 is 0 Å². The van der Waals surface area contributed by atoms with E-state index in [0.717, 1.165) is 12.1 Å². The van der Waals surface area contributed by atoms with Crippen molar-refractivity contribution in [3.05, 3.63) is 83.1 Å². The summed E-state index contributed by atoms with van der Waals surface area (Å²) in [5, 5.41) is 103. The number of carbonyl (C=O) groups is 1. The third kappa shape index (κ3) is 8.57. The summed E-state index contributed by atoms with van der Waals surface area (Å²) in [6.07, 6.45) is -14.1. The van der Waals surface area contributed by atoms with Gasteiger partial charge in [-0.25, -0.2) is 4.79 Å². The molecule has 0 amide bonds. The lowest BCUT2D eigenvalue weighted by Crippen LogP contribution is -2.60. The van der Waals surface area contributed by atoms with Gasteiger partial charge in [-0.3, -0.25) is 0 Å². The highest BCUT2D eigenvalue weighted by atomic mass is 16.7. The number of aliphatic hydroxyl groups excluding tert-OH is 7. The van der Waals surface area contributed by atoms with Gasteiger partial charge in [0.05, 0.1) is 19.3 Å². The van der Waals surface area contributed by atoms with Gasteiger partial charge in [0.25, 0.3) is 0 Å². The number of hydrogen-bond acceptors (Lipinski definition) is 18. The molecule has 18 nitrogen and oxygen atoms in total. The molecule has 0 aromatic heterocycles. The predicted octanol–water partition coefficient (Wildman–Crippen LogP) is -0.454. The SMILES string of the molecule is COc1cc(C=CC(=O)OCC2OC(OC3=Cc4c(cc(O)cc4OC4OC(CO)C(O)C(O)C4O)OC3c3ccc(O)cc3)C(O)C(O)C2O)ccc1O. The first-order chi connectivity index (χ1) is 26.3. The van der Waals surface area contributed by atoms with Gasteiger partial charge in [-0.2, -0.15) is 0 Å². The third-order valence-corrected chi connectivity index (χ3v) is 9.09. The molecule has 6 rings (SSSR count). The number of esters is 1. The molecule has 18 heteroatoms. The molecule has 3 heterocycles. The molecule has 0 spiro atoms. The zero-order chi connectivity index (χ0) is 39.6. The second-order valence-electron chi connectivity index (χ2n) is 12.8. The Labute approximate surface area is 312 Å². The number of aliphatic hydroxyl groups is 7. The van der Waals surface area contributed by atoms with Crippen molar-refractivity contribution >= 4 is 18.1 Å². The average molecular weight is 773 g/mol. The minimum Gasteiger partial charge on any atom is -0.508 e. The van der Waals surface area contributed by atoms with Crippen molar-refractivity contribution in [1.29, 1.82) is 0 Å². The number of phenolic OH excluding ortho intramolecular Hbond substituents is 3. The van der Waals surface area contributed by atoms with Gasteiger partial charge in [0.2, 0.25) is 12.6 Å². The second kappa shape index (κ2) is 16.7. The van der Waals surface area contributed by atoms with Crippen LogP contribution in [0, 0.1) is 0 Å². The summed E-state index contributed by atoms with van der Waals surface area (Å²) >= 11 is 0. The lowest BCUT2D eigenvalue weighted by molar-refractivity contribution is -0.294. The van der Waals surface area contributed by atoms with Gasteiger partial charge < -0.3 is 84.2 Å². The van der Waals surface area contributed by atoms with Crippen LogP contribution in [0.15, 0.2) is 66.4 Å². The number of benzene rings is 3. The van der Waals surface area contributed by atoms with E-state index in [1.165, 1.54) is 67.8 Å². The van der Waals surface area contributed by atoms with Crippen molar-refractivity contribution in [2.75, 3.05) is 20.3 Å². The van der Waals surface area contributed by atoms with Crippen molar-refractivity contribution in [2.24, 2.45) is 0 Å². The van der Waals surface area contributed by atoms with Crippen LogP contribution in [0.2, 0.25) is 0 Å². The molecule has 2 fully saturated rings. The summed E-state index contributed by atoms with van der Waals surface area (Å²) in [4.78, 5) is 12.6. The highest BCUT2D eigenvalue weighted by Gasteiger charge is 2.47. The van der Waals surface area contributed by atoms with Crippen LogP contribution in [0.3, 0.4) is 0 Å². The molecule has 3 aromatic rings. The lowest BCUT2D eigenvalue weighted by atomic mass is 9.98. The molecule has 0 saturated carbocycles. The predicted molar refractivity (Wildman–Crippen MR) is 184 cm³/mol. The molecule has 10 N–H and O–H groups in total. The van der Waals surface area contributed by atoms with Gasteiger partial charge in [0.1, 0.15) is 84.2 Å². The Morgan fingerprint density at radius 2 is 1.40 bits per heavy atom. The van der Waals surface area contributed by atoms with Crippen LogP contribution in [0.1, 0.15) is 22.8 Å². The Morgan fingerprint density at radius 3 is 2.07 bits per heavy atom. The maximum atomic E-state index is 12.6. The van der Waals surface area contributed by atoms with Crippen molar-refractivity contribution in [1.82, 2.24) is 0 Å². The van der Waals surface area contributed by atoms with E-state index in [1.54, 1.807) is 0 Å². The Morgan fingerprint density at radius 1 is 0.745 bits per heavy atom. The number of aromatic hydroxyl groups is 3. The Bertz CT molecular complexity index is 1880. The Hall–Kier alpha value is -5.15. The molecule has 0 bridgehead atoms. The first-order valence-corrected chi connectivity index (χ1v) is 16.9. The molecular formula is C37H40O18. The molecule has 0 radical (unpaired) electrons. The van der Waals surface area contributed by atoms with E-state index in [-0.39, 0.29) is 45.8 Å². The molecule has 3 aromatic carbocycles. The first kappa shape index (κ1) is 39.5. The van der Waals surface area contributed by atoms with Crippen molar-refractivity contribution in [3.63, 3.8) is 0 Å². The van der Waals surface area contributed by atoms with Crippen LogP contribution in [-0.2, 0) is 23.7 Å². The molecule has 0 aliphatic carbocycles. The first-order valence-electron chi connectivity index (χ1n) is 16.9. The van der Waals surface area contributed by atoms with Crippen molar-refractivity contribution in [3.8, 4) is 34.5 Å². The van der Waals surface area contributed by atoms with Crippen LogP contribution in [0.25, 0.3) is 12.2 Å². The summed E-state index contributed by atoms with van der Waals surface area (Å²) < 4.78 is 39.7. The van der Waals surface area contributed by atoms with E-state index in [4.69, 9.17) is 33.2 Å².